The van der Waals surface area contributed by atoms with E-state index in [1.165, 1.54) is 12.5 Å². The first kappa shape index (κ1) is 20.2. The third-order valence-corrected chi connectivity index (χ3v) is 4.68. The van der Waals surface area contributed by atoms with Gasteiger partial charge in [0.25, 0.3) is 5.91 Å². The summed E-state index contributed by atoms with van der Waals surface area (Å²) in [6, 6.07) is 8.08. The zero-order valence-corrected chi connectivity index (χ0v) is 15.7. The molecule has 0 bridgehead atoms. The number of nitrogens with one attached hydrogen (secondary N) is 3. The van der Waals surface area contributed by atoms with Crippen molar-refractivity contribution in [2.75, 3.05) is 6.54 Å². The molecule has 1 saturated heterocycles. The van der Waals surface area contributed by atoms with Crippen LogP contribution in [0.5, 0.6) is 0 Å². The lowest BCUT2D eigenvalue weighted by Crippen LogP contribution is -2.37. The number of hydrogen-bond donors (Lipinski definition) is 3. The highest BCUT2D eigenvalue weighted by Gasteiger charge is 2.33. The van der Waals surface area contributed by atoms with Gasteiger partial charge in [-0.3, -0.25) is 14.4 Å². The van der Waals surface area contributed by atoms with Gasteiger partial charge in [-0.05, 0) is 18.4 Å². The molecule has 1 fully saturated rings. The van der Waals surface area contributed by atoms with Gasteiger partial charge in [0, 0.05) is 18.9 Å². The SMILES string of the molecule is O=C(NC(C(=O)CC1CCCNC(=O)C1=O)c1cnc[nH]1)OCc1ccccc1. The highest BCUT2D eigenvalue weighted by Crippen LogP contribution is 2.21. The molecule has 0 spiro atoms. The Balaban J connectivity index is 1.65. The van der Waals surface area contributed by atoms with Crippen molar-refractivity contribution < 1.29 is 23.9 Å². The zero-order chi connectivity index (χ0) is 20.6. The number of rotatable bonds is 7. The Bertz CT molecular complexity index is 866. The van der Waals surface area contributed by atoms with Crippen LogP contribution in [0.3, 0.4) is 0 Å². The standard InChI is InChI=1S/C20H22N4O5/c25-16(9-14-7-4-8-22-19(27)18(14)26)17(15-10-21-12-23-15)24-20(28)29-11-13-5-2-1-3-6-13/h1-3,5-6,10,12,14,17H,4,7-9,11H2,(H,21,23)(H,22,27)(H,24,28). The topological polar surface area (TPSA) is 130 Å². The van der Waals surface area contributed by atoms with E-state index >= 15 is 0 Å². The van der Waals surface area contributed by atoms with E-state index in [4.69, 9.17) is 4.74 Å². The smallest absolute Gasteiger partial charge is 0.408 e. The number of nitrogens with zero attached hydrogens (tertiary/aromatic N) is 1. The van der Waals surface area contributed by atoms with E-state index in [1.54, 1.807) is 0 Å². The molecule has 3 N–H and O–H groups in total. The summed E-state index contributed by atoms with van der Waals surface area (Å²) in [7, 11) is 0. The number of carbonyl (C=O) groups is 4. The largest absolute Gasteiger partial charge is 0.445 e. The van der Waals surface area contributed by atoms with E-state index in [0.717, 1.165) is 5.56 Å². The summed E-state index contributed by atoms with van der Waals surface area (Å²) in [4.78, 5) is 55.7. The minimum Gasteiger partial charge on any atom is -0.445 e. The molecule has 152 valence electrons. The molecule has 1 aliphatic rings. The predicted octanol–water partition coefficient (Wildman–Crippen LogP) is 1.43. The van der Waals surface area contributed by atoms with Gasteiger partial charge >= 0.3 is 6.09 Å². The first-order chi connectivity index (χ1) is 14.0. The lowest BCUT2D eigenvalue weighted by atomic mass is 9.90. The van der Waals surface area contributed by atoms with Gasteiger partial charge in [0.05, 0.1) is 18.2 Å². The maximum Gasteiger partial charge on any atom is 0.408 e. The Morgan fingerprint density at radius 1 is 1.24 bits per heavy atom. The number of ketones is 2. The monoisotopic (exact) mass is 398 g/mol. The fraction of sp³-hybridized carbons (Fsp3) is 0.350. The van der Waals surface area contributed by atoms with Gasteiger partial charge in [-0.1, -0.05) is 30.3 Å². The number of benzene rings is 1. The van der Waals surface area contributed by atoms with Crippen molar-refractivity contribution >= 4 is 23.6 Å². The van der Waals surface area contributed by atoms with Crippen LogP contribution in [0.4, 0.5) is 4.79 Å². The van der Waals surface area contributed by atoms with Crippen LogP contribution in [0.15, 0.2) is 42.9 Å². The first-order valence-electron chi connectivity index (χ1n) is 9.35. The average molecular weight is 398 g/mol. The maximum atomic E-state index is 12.9. The van der Waals surface area contributed by atoms with E-state index in [-0.39, 0.29) is 13.0 Å². The quantitative estimate of drug-likeness (QED) is 0.605. The second-order valence-corrected chi connectivity index (χ2v) is 6.78. The van der Waals surface area contributed by atoms with Gasteiger partial charge in [-0.2, -0.15) is 0 Å². The number of amides is 2. The fourth-order valence-electron chi connectivity index (χ4n) is 3.15. The Morgan fingerprint density at radius 3 is 2.76 bits per heavy atom. The van der Waals surface area contributed by atoms with E-state index in [9.17, 15) is 19.2 Å². The van der Waals surface area contributed by atoms with Gasteiger partial charge in [-0.15, -0.1) is 0 Å². The molecule has 3 rings (SSSR count). The number of ether oxygens (including phenoxy) is 1. The second-order valence-electron chi connectivity index (χ2n) is 6.78. The van der Waals surface area contributed by atoms with E-state index in [1.807, 2.05) is 30.3 Å². The van der Waals surface area contributed by atoms with Crippen molar-refractivity contribution in [1.82, 2.24) is 20.6 Å². The molecule has 29 heavy (non-hydrogen) atoms. The average Bonchev–Trinajstić information content (AvgIpc) is 3.22. The number of alkyl carbamates (subject to hydrolysis) is 1. The molecule has 9 nitrogen and oxygen atoms in total. The number of aromatic amines is 1. The molecular weight excluding hydrogens is 376 g/mol. The van der Waals surface area contributed by atoms with Crippen LogP contribution in [0.25, 0.3) is 0 Å². The van der Waals surface area contributed by atoms with Crippen LogP contribution in [0.2, 0.25) is 0 Å². The summed E-state index contributed by atoms with van der Waals surface area (Å²) in [5.41, 5.74) is 1.18. The normalized spacial score (nSPS) is 17.7. The summed E-state index contributed by atoms with van der Waals surface area (Å²) in [5, 5.41) is 5.04. The molecule has 9 heteroatoms. The van der Waals surface area contributed by atoms with Crippen molar-refractivity contribution in [3.05, 3.63) is 54.1 Å². The van der Waals surface area contributed by atoms with Crippen LogP contribution in [0, 0.1) is 5.92 Å². The lowest BCUT2D eigenvalue weighted by Gasteiger charge is -2.18. The Labute approximate surface area is 167 Å². The summed E-state index contributed by atoms with van der Waals surface area (Å²) in [6.07, 6.45) is 2.91. The number of H-pyrrole nitrogens is 1. The van der Waals surface area contributed by atoms with Crippen molar-refractivity contribution in [3.8, 4) is 0 Å². The molecule has 1 aromatic heterocycles. The van der Waals surface area contributed by atoms with Crippen LogP contribution < -0.4 is 10.6 Å². The minimum absolute atomic E-state index is 0.0534. The molecule has 0 aliphatic carbocycles. The van der Waals surface area contributed by atoms with Gasteiger partial charge in [0.2, 0.25) is 5.78 Å². The van der Waals surface area contributed by atoms with Crippen LogP contribution in [-0.2, 0) is 25.7 Å². The summed E-state index contributed by atoms with van der Waals surface area (Å²) >= 11 is 0. The van der Waals surface area contributed by atoms with Crippen LogP contribution >= 0.6 is 0 Å². The van der Waals surface area contributed by atoms with Crippen LogP contribution in [0.1, 0.15) is 36.6 Å². The Morgan fingerprint density at radius 2 is 2.03 bits per heavy atom. The molecule has 2 aromatic rings. The number of aromatic nitrogens is 2. The number of hydrogen-bond acceptors (Lipinski definition) is 6. The number of carbonyl (C=O) groups excluding carboxylic acids is 4. The molecule has 0 radical (unpaired) electrons. The molecule has 2 heterocycles. The van der Waals surface area contributed by atoms with E-state index < -0.39 is 35.5 Å². The second kappa shape index (κ2) is 9.63. The third-order valence-electron chi connectivity index (χ3n) is 4.68. The highest BCUT2D eigenvalue weighted by molar-refractivity contribution is 6.37. The Hall–Kier alpha value is -3.49. The molecular formula is C20H22N4O5. The molecule has 2 amide bonds. The molecule has 1 aliphatic heterocycles. The number of Topliss-reactive ketones (excluding diaryl/α,β-unsaturated/α-hetero) is 2. The zero-order valence-electron chi connectivity index (χ0n) is 15.7. The predicted molar refractivity (Wildman–Crippen MR) is 101 cm³/mol. The Kier molecular flexibility index (Phi) is 6.72. The fourth-order valence-corrected chi connectivity index (χ4v) is 3.15. The molecule has 1 aromatic carbocycles. The summed E-state index contributed by atoms with van der Waals surface area (Å²) in [5.74, 6) is -2.39. The maximum absolute atomic E-state index is 12.9. The van der Waals surface area contributed by atoms with Gasteiger partial charge in [0.1, 0.15) is 12.6 Å². The van der Waals surface area contributed by atoms with Crippen LogP contribution in [-0.4, -0.2) is 40.1 Å². The minimum atomic E-state index is -1.06. The molecule has 2 atom stereocenters. The van der Waals surface area contributed by atoms with E-state index in [2.05, 4.69) is 20.6 Å². The molecule has 2 unspecified atom stereocenters. The first-order valence-corrected chi connectivity index (χ1v) is 9.35. The lowest BCUT2D eigenvalue weighted by molar-refractivity contribution is -0.140. The van der Waals surface area contributed by atoms with Crippen molar-refractivity contribution in [2.24, 2.45) is 5.92 Å². The summed E-state index contributed by atoms with van der Waals surface area (Å²) in [6.45, 7) is 0.459. The van der Waals surface area contributed by atoms with Crippen molar-refractivity contribution in [2.45, 2.75) is 31.9 Å². The van der Waals surface area contributed by atoms with Gasteiger partial charge in [-0.25, -0.2) is 9.78 Å². The van der Waals surface area contributed by atoms with Gasteiger partial charge in [0.15, 0.2) is 5.78 Å². The van der Waals surface area contributed by atoms with Crippen molar-refractivity contribution in [3.63, 3.8) is 0 Å². The molecule has 0 saturated carbocycles. The van der Waals surface area contributed by atoms with Gasteiger partial charge < -0.3 is 20.4 Å². The van der Waals surface area contributed by atoms with Crippen molar-refractivity contribution in [1.29, 1.82) is 0 Å². The highest BCUT2D eigenvalue weighted by atomic mass is 16.5. The summed E-state index contributed by atoms with van der Waals surface area (Å²) < 4.78 is 5.19. The third kappa shape index (κ3) is 5.50. The van der Waals surface area contributed by atoms with E-state index in [0.29, 0.717) is 25.1 Å². The number of imidazole rings is 1.